The Morgan fingerprint density at radius 2 is 2.23 bits per heavy atom. The van der Waals surface area contributed by atoms with Gasteiger partial charge in [0.15, 0.2) is 10.6 Å². The third kappa shape index (κ3) is 3.30. The predicted octanol–water partition coefficient (Wildman–Crippen LogP) is 2.63. The summed E-state index contributed by atoms with van der Waals surface area (Å²) in [6.45, 7) is 4.63. The molecule has 3 rings (SSSR count). The zero-order valence-electron chi connectivity index (χ0n) is 14.4. The van der Waals surface area contributed by atoms with E-state index in [1.54, 1.807) is 18.4 Å². The molecule has 8 nitrogen and oxygen atoms in total. The summed E-state index contributed by atoms with van der Waals surface area (Å²) in [6, 6.07) is 0. The second kappa shape index (κ2) is 7.44. The van der Waals surface area contributed by atoms with Crippen molar-refractivity contribution in [1.29, 1.82) is 0 Å². The summed E-state index contributed by atoms with van der Waals surface area (Å²) in [5.41, 5.74) is 0.534. The van der Waals surface area contributed by atoms with Crippen LogP contribution >= 0.6 is 23.6 Å². The van der Waals surface area contributed by atoms with Crippen LogP contribution in [0, 0.1) is 18.6 Å². The minimum Gasteiger partial charge on any atom is -0.494 e. The molecule has 0 unspecified atom stereocenters. The Labute approximate surface area is 157 Å². The largest absolute Gasteiger partial charge is 0.494 e. The van der Waals surface area contributed by atoms with Crippen molar-refractivity contribution in [2.24, 2.45) is 4.99 Å². The van der Waals surface area contributed by atoms with Crippen molar-refractivity contribution in [3.05, 3.63) is 37.5 Å². The molecule has 3 aromatic rings. The van der Waals surface area contributed by atoms with Crippen molar-refractivity contribution in [1.82, 2.24) is 19.5 Å². The van der Waals surface area contributed by atoms with Gasteiger partial charge in [0.1, 0.15) is 16.7 Å². The van der Waals surface area contributed by atoms with Gasteiger partial charge in [-0.3, -0.25) is 14.3 Å². The molecule has 0 atom stereocenters. The molecule has 0 fully saturated rings. The molecule has 0 amide bonds. The van der Waals surface area contributed by atoms with Gasteiger partial charge >= 0.3 is 0 Å². The normalized spacial score (nSPS) is 11.7. The number of ether oxygens (including phenoxy) is 1. The summed E-state index contributed by atoms with van der Waals surface area (Å²) in [7, 11) is 1.54. The molecule has 0 saturated carbocycles. The second-order valence-electron chi connectivity index (χ2n) is 5.56. The van der Waals surface area contributed by atoms with Crippen molar-refractivity contribution in [2.75, 3.05) is 13.7 Å². The van der Waals surface area contributed by atoms with Gasteiger partial charge in [-0.2, -0.15) is 0 Å². The monoisotopic (exact) mass is 391 g/mol. The number of aryl methyl sites for hydroxylation is 2. The van der Waals surface area contributed by atoms with Crippen LogP contribution in [0.5, 0.6) is 5.88 Å². The van der Waals surface area contributed by atoms with E-state index in [1.807, 2.05) is 13.8 Å². The Morgan fingerprint density at radius 1 is 1.46 bits per heavy atom. The molecule has 0 aromatic carbocycles. The fraction of sp³-hybridized carbons (Fsp3) is 0.312. The number of aromatic nitrogens is 4. The van der Waals surface area contributed by atoms with Gasteiger partial charge in [0.25, 0.3) is 5.56 Å². The molecule has 136 valence electrons. The highest BCUT2D eigenvalue weighted by atomic mass is 32.1. The number of nitrogens with zero attached hydrogens (tertiary/aromatic N) is 4. The van der Waals surface area contributed by atoms with Crippen LogP contribution in [0.25, 0.3) is 10.2 Å². The van der Waals surface area contributed by atoms with E-state index in [-0.39, 0.29) is 16.2 Å². The molecule has 0 spiro atoms. The lowest BCUT2D eigenvalue weighted by Crippen LogP contribution is -2.20. The quantitative estimate of drug-likeness (QED) is 0.512. The Bertz CT molecular complexity index is 1110. The lowest BCUT2D eigenvalue weighted by atomic mass is 10.2. The zero-order chi connectivity index (χ0) is 18.8. The molecule has 0 saturated heterocycles. The maximum Gasteiger partial charge on any atom is 0.264 e. The van der Waals surface area contributed by atoms with E-state index in [2.05, 4.69) is 19.9 Å². The van der Waals surface area contributed by atoms with Gasteiger partial charge in [-0.15, -0.1) is 11.3 Å². The summed E-state index contributed by atoms with van der Waals surface area (Å²) in [5.74, 6) is 0.185. The number of aliphatic imine (C=N–C) groups is 1. The lowest BCUT2D eigenvalue weighted by Gasteiger charge is -2.10. The molecule has 0 aliphatic rings. The highest BCUT2D eigenvalue weighted by molar-refractivity contribution is 7.71. The van der Waals surface area contributed by atoms with Gasteiger partial charge < -0.3 is 9.84 Å². The summed E-state index contributed by atoms with van der Waals surface area (Å²) in [5, 5.41) is 11.3. The van der Waals surface area contributed by atoms with E-state index < -0.39 is 5.56 Å². The molecule has 2 N–H and O–H groups in total. The second-order valence-corrected chi connectivity index (χ2v) is 7.15. The van der Waals surface area contributed by atoms with Crippen LogP contribution < -0.4 is 5.56 Å². The molecule has 3 heterocycles. The van der Waals surface area contributed by atoms with Crippen molar-refractivity contribution >= 4 is 45.8 Å². The number of aromatic hydroxyl groups is 1. The average Bonchev–Trinajstić information content (AvgIpc) is 2.89. The smallest absolute Gasteiger partial charge is 0.264 e. The van der Waals surface area contributed by atoms with E-state index in [1.165, 1.54) is 17.1 Å². The number of fused-ring (bicyclic) bond motifs is 1. The summed E-state index contributed by atoms with van der Waals surface area (Å²) < 4.78 is 6.51. The molecule has 3 aromatic heterocycles. The van der Waals surface area contributed by atoms with Gasteiger partial charge in [0.05, 0.1) is 18.5 Å². The zero-order valence-corrected chi connectivity index (χ0v) is 16.1. The van der Waals surface area contributed by atoms with Crippen LogP contribution in [0.4, 0.5) is 5.82 Å². The van der Waals surface area contributed by atoms with Gasteiger partial charge in [-0.1, -0.05) is 0 Å². The van der Waals surface area contributed by atoms with Crippen LogP contribution in [0.2, 0.25) is 0 Å². The SMILES string of the molecule is COCCn1c(O)c(C=Nc2ncnc3sc(C)c(C)c23)c(=O)[nH]c1=S. The number of hydrogen-bond donors (Lipinski definition) is 2. The Morgan fingerprint density at radius 3 is 2.96 bits per heavy atom. The highest BCUT2D eigenvalue weighted by Crippen LogP contribution is 2.33. The first-order valence-electron chi connectivity index (χ1n) is 7.73. The number of H-pyrrole nitrogens is 1. The van der Waals surface area contributed by atoms with Gasteiger partial charge in [-0.05, 0) is 31.6 Å². The van der Waals surface area contributed by atoms with Crippen LogP contribution in [0.1, 0.15) is 16.0 Å². The number of aromatic amines is 1. The molecule has 0 radical (unpaired) electrons. The maximum absolute atomic E-state index is 12.2. The fourth-order valence-electron chi connectivity index (χ4n) is 2.47. The molecule has 0 aliphatic carbocycles. The molecule has 10 heteroatoms. The number of rotatable bonds is 5. The van der Waals surface area contributed by atoms with Gasteiger partial charge in [0, 0.05) is 18.2 Å². The van der Waals surface area contributed by atoms with Crippen LogP contribution in [0.15, 0.2) is 16.1 Å². The molecule has 0 aliphatic heterocycles. The standard InChI is InChI=1S/C16H17N5O3S2/c1-8-9(2)26-14-11(8)12(18-7-19-14)17-6-10-13(22)20-16(25)21(15(10)23)4-5-24-3/h6-7,23H,4-5H2,1-3H3,(H,20,22,25). The topological polar surface area (TPSA) is 105 Å². The van der Waals surface area contributed by atoms with Crippen LogP contribution in [0.3, 0.4) is 0 Å². The van der Waals surface area contributed by atoms with E-state index in [9.17, 15) is 9.90 Å². The first-order chi connectivity index (χ1) is 12.4. The first kappa shape index (κ1) is 18.4. The predicted molar refractivity (Wildman–Crippen MR) is 104 cm³/mol. The van der Waals surface area contributed by atoms with Crippen molar-refractivity contribution < 1.29 is 9.84 Å². The van der Waals surface area contributed by atoms with Gasteiger partial charge in [-0.25, -0.2) is 15.0 Å². The van der Waals surface area contributed by atoms with Gasteiger partial charge in [0.2, 0.25) is 5.88 Å². The minimum absolute atomic E-state index is 0.00562. The Hall–Kier alpha value is -2.43. The van der Waals surface area contributed by atoms with Crippen LogP contribution in [-0.2, 0) is 11.3 Å². The van der Waals surface area contributed by atoms with Crippen molar-refractivity contribution in [2.45, 2.75) is 20.4 Å². The van der Waals surface area contributed by atoms with Crippen molar-refractivity contribution in [3.63, 3.8) is 0 Å². The third-order valence-electron chi connectivity index (χ3n) is 3.99. The van der Waals surface area contributed by atoms with Crippen LogP contribution in [-0.4, -0.2) is 44.6 Å². The average molecular weight is 391 g/mol. The maximum atomic E-state index is 12.2. The lowest BCUT2D eigenvalue weighted by molar-refractivity contribution is 0.182. The summed E-state index contributed by atoms with van der Waals surface area (Å²) in [6.07, 6.45) is 2.72. The molecular formula is C16H17N5O3S2. The molecule has 26 heavy (non-hydrogen) atoms. The Balaban J connectivity index is 2.10. The van der Waals surface area contributed by atoms with Crippen molar-refractivity contribution in [3.8, 4) is 5.88 Å². The highest BCUT2D eigenvalue weighted by Gasteiger charge is 2.13. The fourth-order valence-corrected chi connectivity index (χ4v) is 3.73. The number of nitrogens with one attached hydrogen (secondary N) is 1. The van der Waals surface area contributed by atoms with E-state index in [4.69, 9.17) is 17.0 Å². The van der Waals surface area contributed by atoms with E-state index in [0.717, 1.165) is 20.7 Å². The Kier molecular flexibility index (Phi) is 5.25. The number of methoxy groups -OCH3 is 1. The molecular weight excluding hydrogens is 374 g/mol. The van der Waals surface area contributed by atoms with E-state index >= 15 is 0 Å². The summed E-state index contributed by atoms with van der Waals surface area (Å²) >= 11 is 6.65. The number of hydrogen-bond acceptors (Lipinski definition) is 8. The summed E-state index contributed by atoms with van der Waals surface area (Å²) in [4.78, 5) is 29.5. The number of thiophene rings is 1. The first-order valence-corrected chi connectivity index (χ1v) is 8.96. The minimum atomic E-state index is -0.520. The van der Waals surface area contributed by atoms with E-state index in [0.29, 0.717) is 19.0 Å². The third-order valence-corrected chi connectivity index (χ3v) is 5.42. The molecule has 0 bridgehead atoms.